The summed E-state index contributed by atoms with van der Waals surface area (Å²) in [6, 6.07) is 20.7. The van der Waals surface area contributed by atoms with Gasteiger partial charge >= 0.3 is 0 Å². The molecule has 1 atom stereocenters. The molecule has 0 aliphatic rings. The summed E-state index contributed by atoms with van der Waals surface area (Å²) in [6.45, 7) is 8.22. The van der Waals surface area contributed by atoms with Gasteiger partial charge < -0.3 is 5.32 Å². The lowest BCUT2D eigenvalue weighted by Crippen LogP contribution is -2.32. The Hall–Kier alpha value is -3.12. The number of benzene rings is 3. The molecule has 0 saturated heterocycles. The number of hydrogen-bond donors (Lipinski definition) is 2. The molecule has 1 amide bonds. The van der Waals surface area contributed by atoms with Crippen molar-refractivity contribution in [2.45, 2.75) is 38.6 Å². The predicted octanol–water partition coefficient (Wildman–Crippen LogP) is 5.23. The van der Waals surface area contributed by atoms with Crippen molar-refractivity contribution in [3.63, 3.8) is 0 Å². The first-order valence-electron chi connectivity index (χ1n) is 10.2. The number of amides is 1. The monoisotopic (exact) mass is 436 g/mol. The molecule has 162 valence electrons. The predicted molar refractivity (Wildman–Crippen MR) is 125 cm³/mol. The van der Waals surface area contributed by atoms with E-state index in [1.165, 1.54) is 17.7 Å². The number of sulfonamides is 1. The molecule has 1 unspecified atom stereocenters. The van der Waals surface area contributed by atoms with Gasteiger partial charge in [0.25, 0.3) is 15.9 Å². The second-order valence-corrected chi connectivity index (χ2v) is 9.74. The van der Waals surface area contributed by atoms with Gasteiger partial charge in [-0.1, -0.05) is 61.9 Å². The van der Waals surface area contributed by atoms with E-state index >= 15 is 0 Å². The quantitative estimate of drug-likeness (QED) is 0.532. The second-order valence-electron chi connectivity index (χ2n) is 8.05. The Labute approximate surface area is 184 Å². The van der Waals surface area contributed by atoms with Gasteiger partial charge in [-0.15, -0.1) is 0 Å². The zero-order chi connectivity index (χ0) is 22.6. The van der Waals surface area contributed by atoms with Crippen LogP contribution in [0.1, 0.15) is 46.9 Å². The average molecular weight is 437 g/mol. The SMILES string of the molecule is Cc1ccc(C(NC(=O)c2cccc(NS(=O)(=O)c3ccccc3)c2)C(C)C)c(C)c1. The van der Waals surface area contributed by atoms with E-state index in [4.69, 9.17) is 0 Å². The van der Waals surface area contributed by atoms with Crippen molar-refractivity contribution in [3.8, 4) is 0 Å². The Bertz CT molecular complexity index is 1170. The van der Waals surface area contributed by atoms with E-state index in [0.717, 1.165) is 11.1 Å². The minimum atomic E-state index is -3.73. The molecule has 0 spiro atoms. The van der Waals surface area contributed by atoms with Gasteiger partial charge in [0.05, 0.1) is 10.9 Å². The lowest BCUT2D eigenvalue weighted by Gasteiger charge is -2.25. The van der Waals surface area contributed by atoms with Crippen LogP contribution in [0.3, 0.4) is 0 Å². The smallest absolute Gasteiger partial charge is 0.261 e. The van der Waals surface area contributed by atoms with Crippen molar-refractivity contribution in [2.75, 3.05) is 4.72 Å². The van der Waals surface area contributed by atoms with Crippen LogP contribution in [0, 0.1) is 19.8 Å². The van der Waals surface area contributed by atoms with E-state index < -0.39 is 10.0 Å². The van der Waals surface area contributed by atoms with E-state index in [9.17, 15) is 13.2 Å². The summed E-state index contributed by atoms with van der Waals surface area (Å²) in [5, 5.41) is 3.11. The Kier molecular flexibility index (Phi) is 6.81. The lowest BCUT2D eigenvalue weighted by molar-refractivity contribution is 0.0925. The maximum Gasteiger partial charge on any atom is 0.261 e. The summed E-state index contributed by atoms with van der Waals surface area (Å²) in [6.07, 6.45) is 0. The summed E-state index contributed by atoms with van der Waals surface area (Å²) in [7, 11) is -3.73. The van der Waals surface area contributed by atoms with Crippen molar-refractivity contribution in [1.82, 2.24) is 5.32 Å². The number of carbonyl (C=O) groups excluding carboxylic acids is 1. The van der Waals surface area contributed by atoms with Crippen LogP contribution in [0.25, 0.3) is 0 Å². The summed E-state index contributed by atoms with van der Waals surface area (Å²) >= 11 is 0. The average Bonchev–Trinajstić information content (AvgIpc) is 2.73. The molecule has 6 heteroatoms. The number of anilines is 1. The third-order valence-corrected chi connectivity index (χ3v) is 6.54. The van der Waals surface area contributed by atoms with Crippen LogP contribution in [0.15, 0.2) is 77.7 Å². The highest BCUT2D eigenvalue weighted by Gasteiger charge is 2.21. The number of carbonyl (C=O) groups is 1. The largest absolute Gasteiger partial charge is 0.345 e. The van der Waals surface area contributed by atoms with Crippen LogP contribution in [-0.2, 0) is 10.0 Å². The zero-order valence-electron chi connectivity index (χ0n) is 18.2. The minimum Gasteiger partial charge on any atom is -0.345 e. The maximum absolute atomic E-state index is 13.0. The minimum absolute atomic E-state index is 0.155. The van der Waals surface area contributed by atoms with Crippen LogP contribution in [0.2, 0.25) is 0 Å². The molecule has 3 rings (SSSR count). The standard InChI is InChI=1S/C25H28N2O3S/c1-17(2)24(23-14-13-18(3)15-19(23)4)26-25(28)20-9-8-10-21(16-20)27-31(29,30)22-11-6-5-7-12-22/h5-17,24,27H,1-4H3,(H,26,28). The molecule has 0 radical (unpaired) electrons. The zero-order valence-corrected chi connectivity index (χ0v) is 19.0. The van der Waals surface area contributed by atoms with Gasteiger partial charge in [0, 0.05) is 11.3 Å². The Morgan fingerprint density at radius 1 is 0.871 bits per heavy atom. The molecule has 0 aromatic heterocycles. The highest BCUT2D eigenvalue weighted by atomic mass is 32.2. The number of hydrogen-bond acceptors (Lipinski definition) is 3. The van der Waals surface area contributed by atoms with E-state index in [2.05, 4.69) is 36.0 Å². The fourth-order valence-electron chi connectivity index (χ4n) is 3.54. The fraction of sp³-hybridized carbons (Fsp3) is 0.240. The number of rotatable bonds is 7. The molecule has 0 aliphatic carbocycles. The Balaban J connectivity index is 1.82. The molecule has 2 N–H and O–H groups in total. The van der Waals surface area contributed by atoms with Gasteiger partial charge in [-0.3, -0.25) is 9.52 Å². The van der Waals surface area contributed by atoms with Gasteiger partial charge in [-0.05, 0) is 61.2 Å². The van der Waals surface area contributed by atoms with Crippen LogP contribution in [0.4, 0.5) is 5.69 Å². The molecule has 5 nitrogen and oxygen atoms in total. The first kappa shape index (κ1) is 22.6. The Morgan fingerprint density at radius 2 is 1.58 bits per heavy atom. The third kappa shape index (κ3) is 5.52. The molecular weight excluding hydrogens is 408 g/mol. The van der Waals surface area contributed by atoms with Crippen LogP contribution in [0.5, 0.6) is 0 Å². The second kappa shape index (κ2) is 9.35. The van der Waals surface area contributed by atoms with Crippen LogP contribution >= 0.6 is 0 Å². The Morgan fingerprint density at radius 3 is 2.23 bits per heavy atom. The van der Waals surface area contributed by atoms with Crippen molar-refractivity contribution in [3.05, 3.63) is 95.1 Å². The van der Waals surface area contributed by atoms with Crippen molar-refractivity contribution in [2.24, 2.45) is 5.92 Å². The summed E-state index contributed by atoms with van der Waals surface area (Å²) in [4.78, 5) is 13.2. The fourth-order valence-corrected chi connectivity index (χ4v) is 4.61. The number of nitrogens with one attached hydrogen (secondary N) is 2. The van der Waals surface area contributed by atoms with Gasteiger partial charge in [-0.25, -0.2) is 8.42 Å². The lowest BCUT2D eigenvalue weighted by atomic mass is 9.91. The molecule has 0 bridgehead atoms. The van der Waals surface area contributed by atoms with Crippen LogP contribution < -0.4 is 10.0 Å². The van der Waals surface area contributed by atoms with Crippen molar-refractivity contribution >= 4 is 21.6 Å². The highest BCUT2D eigenvalue weighted by molar-refractivity contribution is 7.92. The van der Waals surface area contributed by atoms with Crippen molar-refractivity contribution in [1.29, 1.82) is 0 Å². The van der Waals surface area contributed by atoms with Gasteiger partial charge in [0.15, 0.2) is 0 Å². The molecule has 0 fully saturated rings. The van der Waals surface area contributed by atoms with E-state index in [1.54, 1.807) is 42.5 Å². The molecule has 31 heavy (non-hydrogen) atoms. The van der Waals surface area contributed by atoms with E-state index in [0.29, 0.717) is 11.3 Å². The van der Waals surface area contributed by atoms with E-state index in [1.807, 2.05) is 19.9 Å². The van der Waals surface area contributed by atoms with Gasteiger partial charge in [0.2, 0.25) is 0 Å². The van der Waals surface area contributed by atoms with Crippen molar-refractivity contribution < 1.29 is 13.2 Å². The molecule has 3 aromatic carbocycles. The third-order valence-electron chi connectivity index (χ3n) is 5.14. The molecule has 0 aliphatic heterocycles. The molecule has 0 heterocycles. The van der Waals surface area contributed by atoms with Gasteiger partial charge in [-0.2, -0.15) is 0 Å². The van der Waals surface area contributed by atoms with E-state index in [-0.39, 0.29) is 22.8 Å². The molecular formula is C25H28N2O3S. The molecule has 3 aromatic rings. The summed E-state index contributed by atoms with van der Waals surface area (Å²) in [5.41, 5.74) is 4.11. The molecule has 0 saturated carbocycles. The topological polar surface area (TPSA) is 75.3 Å². The number of aryl methyl sites for hydroxylation is 2. The highest BCUT2D eigenvalue weighted by Crippen LogP contribution is 2.26. The van der Waals surface area contributed by atoms with Gasteiger partial charge in [0.1, 0.15) is 0 Å². The maximum atomic E-state index is 13.0. The normalized spacial score (nSPS) is 12.4. The van der Waals surface area contributed by atoms with Crippen LogP contribution in [-0.4, -0.2) is 14.3 Å². The first-order valence-corrected chi connectivity index (χ1v) is 11.7. The summed E-state index contributed by atoms with van der Waals surface area (Å²) in [5.74, 6) is -0.0652. The summed E-state index contributed by atoms with van der Waals surface area (Å²) < 4.78 is 27.7. The first-order chi connectivity index (χ1) is 14.7.